The minimum absolute atomic E-state index is 0.125. The van der Waals surface area contributed by atoms with Crippen LogP contribution in [-0.4, -0.2) is 32.3 Å². The second-order valence-electron chi connectivity index (χ2n) is 4.97. The molecule has 3 rings (SSSR count). The van der Waals surface area contributed by atoms with Crippen molar-refractivity contribution in [3.63, 3.8) is 0 Å². The Hall–Kier alpha value is -2.03. The first-order chi connectivity index (χ1) is 10.5. The van der Waals surface area contributed by atoms with Gasteiger partial charge in [0.2, 0.25) is 12.5 Å². The van der Waals surface area contributed by atoms with Crippen molar-refractivity contribution in [3.8, 4) is 17.2 Å². The molecule has 0 unspecified atom stereocenters. The molecule has 1 aromatic rings. The lowest BCUT2D eigenvalue weighted by molar-refractivity contribution is -0.164. The van der Waals surface area contributed by atoms with E-state index in [1.54, 1.807) is 12.1 Å². The van der Waals surface area contributed by atoms with Gasteiger partial charge in [-0.05, 0) is 17.7 Å². The predicted octanol–water partition coefficient (Wildman–Crippen LogP) is 2.63. The molecule has 0 saturated heterocycles. The first-order valence-corrected chi connectivity index (χ1v) is 6.63. The Bertz CT molecular complexity index is 598. The molecule has 2 aliphatic rings. The van der Waals surface area contributed by atoms with Gasteiger partial charge in [0.15, 0.2) is 11.5 Å². The molecule has 9 heteroatoms. The Labute approximate surface area is 124 Å². The lowest BCUT2D eigenvalue weighted by atomic mass is 10.1. The van der Waals surface area contributed by atoms with E-state index in [1.165, 1.54) is 7.11 Å². The van der Waals surface area contributed by atoms with Gasteiger partial charge in [0.1, 0.15) is 0 Å². The fraction of sp³-hybridized carbons (Fsp3) is 0.538. The Kier molecular flexibility index (Phi) is 3.59. The largest absolute Gasteiger partial charge is 0.493 e. The summed E-state index contributed by atoms with van der Waals surface area (Å²) in [5, 5.41) is 9.20. The molecule has 1 aromatic carbocycles. The van der Waals surface area contributed by atoms with Gasteiger partial charge in [-0.3, -0.25) is 0 Å². The second kappa shape index (κ2) is 5.31. The highest BCUT2D eigenvalue weighted by molar-refractivity contribution is 5.55. The van der Waals surface area contributed by atoms with Gasteiger partial charge >= 0.3 is 6.18 Å². The number of ether oxygens (including phenoxy) is 3. The number of fused-ring (bicyclic) bond motifs is 1. The summed E-state index contributed by atoms with van der Waals surface area (Å²) >= 11 is 0. The molecule has 0 bridgehead atoms. The third kappa shape index (κ3) is 2.68. The Morgan fingerprint density at radius 2 is 2.09 bits per heavy atom. The first kappa shape index (κ1) is 14.9. The number of benzene rings is 1. The fourth-order valence-corrected chi connectivity index (χ4v) is 2.20. The lowest BCUT2D eigenvalue weighted by Crippen LogP contribution is -2.35. The van der Waals surface area contributed by atoms with Crippen molar-refractivity contribution < 1.29 is 27.4 Å². The molecule has 120 valence electrons. The van der Waals surface area contributed by atoms with Crippen LogP contribution in [0.5, 0.6) is 17.2 Å². The summed E-state index contributed by atoms with van der Waals surface area (Å²) in [5.41, 5.74) is -1.38. The maximum atomic E-state index is 12.6. The SMILES string of the molecule is COc1cc(CNCCC2(C(F)(F)F)N=N2)cc2c1OCO2. The molecule has 2 aliphatic heterocycles. The van der Waals surface area contributed by atoms with E-state index in [2.05, 4.69) is 15.5 Å². The molecule has 0 atom stereocenters. The number of nitrogens with one attached hydrogen (secondary N) is 1. The molecular formula is C13H14F3N3O3. The lowest BCUT2D eigenvalue weighted by Gasteiger charge is -2.14. The van der Waals surface area contributed by atoms with Crippen LogP contribution in [0, 0.1) is 0 Å². The van der Waals surface area contributed by atoms with E-state index in [1.807, 2.05) is 0 Å². The molecule has 0 amide bonds. The van der Waals surface area contributed by atoms with Gasteiger partial charge in [0.05, 0.1) is 7.11 Å². The number of methoxy groups -OCH3 is 1. The van der Waals surface area contributed by atoms with Crippen LogP contribution in [0.1, 0.15) is 12.0 Å². The number of halogens is 3. The molecule has 0 aliphatic carbocycles. The monoisotopic (exact) mass is 317 g/mol. The van der Waals surface area contributed by atoms with Gasteiger partial charge in [-0.2, -0.15) is 13.2 Å². The van der Waals surface area contributed by atoms with E-state index >= 15 is 0 Å². The Morgan fingerprint density at radius 1 is 1.32 bits per heavy atom. The molecular weight excluding hydrogens is 303 g/mol. The number of alkyl halides is 3. The molecule has 0 saturated carbocycles. The van der Waals surface area contributed by atoms with E-state index in [0.717, 1.165) is 5.56 Å². The van der Waals surface area contributed by atoms with Crippen LogP contribution in [0.25, 0.3) is 0 Å². The first-order valence-electron chi connectivity index (χ1n) is 6.63. The summed E-state index contributed by atoms with van der Waals surface area (Å²) in [6.45, 7) is 0.643. The molecule has 0 aromatic heterocycles. The van der Waals surface area contributed by atoms with Gasteiger partial charge in [0.25, 0.3) is 5.66 Å². The average Bonchev–Trinajstić information content (AvgIpc) is 3.13. The van der Waals surface area contributed by atoms with E-state index in [-0.39, 0.29) is 19.8 Å². The van der Waals surface area contributed by atoms with E-state index < -0.39 is 11.8 Å². The summed E-state index contributed by atoms with van der Waals surface area (Å²) in [6, 6.07) is 3.52. The van der Waals surface area contributed by atoms with Crippen LogP contribution in [0.15, 0.2) is 22.4 Å². The highest BCUT2D eigenvalue weighted by Crippen LogP contribution is 2.46. The van der Waals surface area contributed by atoms with Crippen LogP contribution in [0.2, 0.25) is 0 Å². The van der Waals surface area contributed by atoms with Gasteiger partial charge in [-0.15, -0.1) is 10.2 Å². The third-order valence-corrected chi connectivity index (χ3v) is 3.49. The summed E-state index contributed by atoms with van der Waals surface area (Å²) in [6.07, 6.45) is -4.63. The average molecular weight is 317 g/mol. The Balaban J connectivity index is 1.55. The van der Waals surface area contributed by atoms with Crippen LogP contribution < -0.4 is 19.5 Å². The highest BCUT2D eigenvalue weighted by atomic mass is 19.4. The molecule has 1 N–H and O–H groups in total. The van der Waals surface area contributed by atoms with Crippen molar-refractivity contribution >= 4 is 0 Å². The van der Waals surface area contributed by atoms with Gasteiger partial charge in [-0.1, -0.05) is 0 Å². The van der Waals surface area contributed by atoms with Crippen LogP contribution in [-0.2, 0) is 6.54 Å². The molecule has 2 heterocycles. The van der Waals surface area contributed by atoms with Crippen molar-refractivity contribution in [2.24, 2.45) is 10.2 Å². The van der Waals surface area contributed by atoms with Crippen molar-refractivity contribution in [2.45, 2.75) is 24.8 Å². The summed E-state index contributed by atoms with van der Waals surface area (Å²) < 4.78 is 53.7. The van der Waals surface area contributed by atoms with Gasteiger partial charge in [-0.25, -0.2) is 0 Å². The topological polar surface area (TPSA) is 64.4 Å². The van der Waals surface area contributed by atoms with Crippen LogP contribution in [0.4, 0.5) is 13.2 Å². The zero-order valence-electron chi connectivity index (χ0n) is 11.7. The summed E-state index contributed by atoms with van der Waals surface area (Å²) in [7, 11) is 1.51. The number of nitrogens with zero attached hydrogens (tertiary/aromatic N) is 2. The Morgan fingerprint density at radius 3 is 2.73 bits per heavy atom. The van der Waals surface area contributed by atoms with Crippen LogP contribution >= 0.6 is 0 Å². The second-order valence-corrected chi connectivity index (χ2v) is 4.97. The van der Waals surface area contributed by atoms with Crippen molar-refractivity contribution in [3.05, 3.63) is 17.7 Å². The highest BCUT2D eigenvalue weighted by Gasteiger charge is 2.63. The molecule has 0 radical (unpaired) electrons. The molecule has 0 fully saturated rings. The van der Waals surface area contributed by atoms with E-state index in [4.69, 9.17) is 14.2 Å². The maximum absolute atomic E-state index is 12.6. The minimum Gasteiger partial charge on any atom is -0.493 e. The van der Waals surface area contributed by atoms with Crippen molar-refractivity contribution in [1.29, 1.82) is 0 Å². The van der Waals surface area contributed by atoms with Crippen molar-refractivity contribution in [1.82, 2.24) is 5.32 Å². The fourth-order valence-electron chi connectivity index (χ4n) is 2.20. The number of hydrogen-bond acceptors (Lipinski definition) is 6. The number of rotatable bonds is 6. The smallest absolute Gasteiger partial charge is 0.437 e. The molecule has 6 nitrogen and oxygen atoms in total. The maximum Gasteiger partial charge on any atom is 0.437 e. The van der Waals surface area contributed by atoms with Gasteiger partial charge < -0.3 is 19.5 Å². The van der Waals surface area contributed by atoms with E-state index in [0.29, 0.717) is 23.8 Å². The predicted molar refractivity (Wildman–Crippen MR) is 69.1 cm³/mol. The zero-order chi connectivity index (χ0) is 15.8. The summed E-state index contributed by atoms with van der Waals surface area (Å²) in [4.78, 5) is 0. The quantitative estimate of drug-likeness (QED) is 0.819. The van der Waals surface area contributed by atoms with Crippen molar-refractivity contribution in [2.75, 3.05) is 20.4 Å². The number of hydrogen-bond donors (Lipinski definition) is 1. The normalized spacial score (nSPS) is 17.6. The van der Waals surface area contributed by atoms with Gasteiger partial charge in [0, 0.05) is 19.5 Å². The third-order valence-electron chi connectivity index (χ3n) is 3.49. The molecule has 0 spiro atoms. The standard InChI is InChI=1S/C13H14F3N3O3/c1-20-9-4-8(5-10-11(9)22-7-21-10)6-17-3-2-12(18-19-12)13(14,15)16/h4-5,17H,2-3,6-7H2,1H3. The van der Waals surface area contributed by atoms with Crippen LogP contribution in [0.3, 0.4) is 0 Å². The minimum atomic E-state index is -4.42. The molecule has 22 heavy (non-hydrogen) atoms. The zero-order valence-corrected chi connectivity index (χ0v) is 11.7. The van der Waals surface area contributed by atoms with E-state index in [9.17, 15) is 13.2 Å². The summed E-state index contributed by atoms with van der Waals surface area (Å²) in [5.74, 6) is 1.64.